The molecule has 11 heteroatoms. The molecule has 1 aromatic carbocycles. The topological polar surface area (TPSA) is 123 Å². The fourth-order valence-corrected chi connectivity index (χ4v) is 6.34. The number of amides is 1. The molecule has 5 rings (SSSR count). The number of aryl methyl sites for hydroxylation is 3. The molecule has 1 aliphatic rings. The Morgan fingerprint density at radius 3 is 2.45 bits per heavy atom. The first kappa shape index (κ1) is 30.9. The first-order valence-corrected chi connectivity index (χ1v) is 15.6. The van der Waals surface area contributed by atoms with E-state index in [2.05, 4.69) is 16.9 Å². The summed E-state index contributed by atoms with van der Waals surface area (Å²) in [7, 11) is 0. The molecule has 230 valence electrons. The van der Waals surface area contributed by atoms with Gasteiger partial charge in [-0.25, -0.2) is 14.8 Å². The van der Waals surface area contributed by atoms with E-state index in [1.54, 1.807) is 45.0 Å². The Morgan fingerprint density at radius 1 is 1.02 bits per heavy atom. The van der Waals surface area contributed by atoms with E-state index in [-0.39, 0.29) is 33.6 Å². The Hall–Kier alpha value is -4.51. The van der Waals surface area contributed by atoms with Crippen molar-refractivity contribution in [2.24, 2.45) is 0 Å². The average Bonchev–Trinajstić information content (AvgIpc) is 3.65. The fraction of sp³-hybridized carbons (Fsp3) is 0.364. The second-order valence-electron chi connectivity index (χ2n) is 10.7. The highest BCUT2D eigenvalue weighted by molar-refractivity contribution is 7.17. The minimum absolute atomic E-state index is 0.113. The van der Waals surface area contributed by atoms with Crippen molar-refractivity contribution in [2.75, 3.05) is 18.1 Å². The van der Waals surface area contributed by atoms with Gasteiger partial charge in [0.25, 0.3) is 5.78 Å². The second kappa shape index (κ2) is 13.0. The number of fused-ring (bicyclic) bond motifs is 1. The number of Topliss-reactive ketones (excluding diaryl/α,β-unsaturated/α-hetero) is 1. The van der Waals surface area contributed by atoms with Gasteiger partial charge in [-0.2, -0.15) is 0 Å². The number of rotatable bonds is 11. The number of thiazole rings is 1. The zero-order valence-corrected chi connectivity index (χ0v) is 26.4. The number of esters is 1. The number of benzene rings is 1. The van der Waals surface area contributed by atoms with Crippen LogP contribution in [0, 0.1) is 20.8 Å². The molecule has 1 fully saturated rings. The largest absolute Gasteiger partial charge is 0.505 e. The van der Waals surface area contributed by atoms with Gasteiger partial charge < -0.3 is 19.0 Å². The van der Waals surface area contributed by atoms with E-state index in [4.69, 9.17) is 9.47 Å². The van der Waals surface area contributed by atoms with Crippen molar-refractivity contribution in [1.82, 2.24) is 14.4 Å². The third kappa shape index (κ3) is 5.71. The molecule has 3 aromatic heterocycles. The van der Waals surface area contributed by atoms with Crippen LogP contribution in [0.1, 0.15) is 83.5 Å². The molecular weight excluding hydrogens is 580 g/mol. The summed E-state index contributed by atoms with van der Waals surface area (Å²) in [6.45, 7) is 9.97. The van der Waals surface area contributed by atoms with Crippen molar-refractivity contribution in [2.45, 2.75) is 66.3 Å². The standard InChI is InChI=1S/C33H36N4O6S/c1-6-8-9-10-18-43-23-15-13-22(14-16-23)26-24(27(38)25-21(5)36-17-11-12-19(3)30(36)35-25)28(39)31(40)37(26)33-34-20(4)29(44-33)32(41)42-7-2/h11-17,26,38H,6-10,18H2,1-5H3. The van der Waals surface area contributed by atoms with Gasteiger partial charge in [-0.3, -0.25) is 14.5 Å². The first-order chi connectivity index (χ1) is 21.2. The molecule has 1 N–H and O–H groups in total. The van der Waals surface area contributed by atoms with Gasteiger partial charge in [-0.15, -0.1) is 0 Å². The first-order valence-electron chi connectivity index (χ1n) is 14.8. The van der Waals surface area contributed by atoms with Crippen LogP contribution in [0.5, 0.6) is 5.75 Å². The molecule has 0 saturated carbocycles. The second-order valence-corrected chi connectivity index (χ2v) is 11.7. The number of anilines is 1. The zero-order chi connectivity index (χ0) is 31.5. The van der Waals surface area contributed by atoms with Crippen LogP contribution in [0.4, 0.5) is 5.13 Å². The Morgan fingerprint density at radius 2 is 1.77 bits per heavy atom. The lowest BCUT2D eigenvalue weighted by Gasteiger charge is -2.23. The molecule has 4 aromatic rings. The summed E-state index contributed by atoms with van der Waals surface area (Å²) >= 11 is 0.967. The number of carbonyl (C=O) groups excluding carboxylic acids is 3. The third-order valence-electron chi connectivity index (χ3n) is 7.67. The van der Waals surface area contributed by atoms with E-state index in [1.807, 2.05) is 29.7 Å². The van der Waals surface area contributed by atoms with Gasteiger partial charge in [0.15, 0.2) is 10.9 Å². The summed E-state index contributed by atoms with van der Waals surface area (Å²) in [6.07, 6.45) is 6.15. The fourth-order valence-electron chi connectivity index (χ4n) is 5.36. The van der Waals surface area contributed by atoms with Crippen LogP contribution in [0.15, 0.2) is 48.2 Å². The van der Waals surface area contributed by atoms with Gasteiger partial charge in [-0.05, 0) is 63.4 Å². The maximum atomic E-state index is 13.7. The molecule has 0 bridgehead atoms. The molecule has 0 spiro atoms. The number of ketones is 1. The number of carbonyl (C=O) groups is 3. The van der Waals surface area contributed by atoms with E-state index >= 15 is 0 Å². The normalized spacial score (nSPS) is 16.2. The van der Waals surface area contributed by atoms with Gasteiger partial charge in [-0.1, -0.05) is 55.7 Å². The van der Waals surface area contributed by atoms with Crippen molar-refractivity contribution in [3.63, 3.8) is 0 Å². The molecule has 10 nitrogen and oxygen atoms in total. The van der Waals surface area contributed by atoms with Crippen molar-refractivity contribution in [1.29, 1.82) is 0 Å². The molecule has 1 unspecified atom stereocenters. The zero-order valence-electron chi connectivity index (χ0n) is 25.5. The lowest BCUT2D eigenvalue weighted by Crippen LogP contribution is -2.29. The van der Waals surface area contributed by atoms with Crippen molar-refractivity contribution in [3.8, 4) is 5.75 Å². The molecular formula is C33H36N4O6S. The number of imidazole rings is 1. The van der Waals surface area contributed by atoms with E-state index in [0.717, 1.165) is 42.6 Å². The lowest BCUT2D eigenvalue weighted by molar-refractivity contribution is -0.132. The van der Waals surface area contributed by atoms with Crippen LogP contribution in [0.25, 0.3) is 11.4 Å². The van der Waals surface area contributed by atoms with E-state index in [9.17, 15) is 19.5 Å². The Kier molecular flexibility index (Phi) is 9.14. The quantitative estimate of drug-likeness (QED) is 0.0668. The summed E-state index contributed by atoms with van der Waals surface area (Å²) in [6, 6.07) is 9.86. The molecule has 0 aliphatic carbocycles. The molecule has 4 heterocycles. The number of nitrogens with zero attached hydrogens (tertiary/aromatic N) is 4. The van der Waals surface area contributed by atoms with Gasteiger partial charge in [0.05, 0.1) is 36.2 Å². The Bertz CT molecular complexity index is 1750. The lowest BCUT2D eigenvalue weighted by atomic mass is 9.96. The third-order valence-corrected chi connectivity index (χ3v) is 8.80. The number of hydrogen-bond donors (Lipinski definition) is 1. The van der Waals surface area contributed by atoms with Crippen LogP contribution in [-0.4, -0.2) is 50.3 Å². The highest BCUT2D eigenvalue weighted by Gasteiger charge is 2.49. The van der Waals surface area contributed by atoms with Crippen LogP contribution < -0.4 is 9.64 Å². The van der Waals surface area contributed by atoms with Crippen LogP contribution in [-0.2, 0) is 14.3 Å². The molecule has 1 atom stereocenters. The Balaban J connectivity index is 1.61. The predicted octanol–water partition coefficient (Wildman–Crippen LogP) is 6.48. The van der Waals surface area contributed by atoms with Gasteiger partial charge in [0, 0.05) is 6.20 Å². The maximum Gasteiger partial charge on any atom is 0.350 e. The molecule has 1 amide bonds. The molecule has 0 radical (unpaired) electrons. The van der Waals surface area contributed by atoms with Crippen LogP contribution in [0.2, 0.25) is 0 Å². The molecule has 1 saturated heterocycles. The summed E-state index contributed by atoms with van der Waals surface area (Å²) in [4.78, 5) is 50.6. The van der Waals surface area contributed by atoms with E-state index in [1.165, 1.54) is 4.90 Å². The van der Waals surface area contributed by atoms with Crippen molar-refractivity contribution < 1.29 is 29.0 Å². The molecule has 1 aliphatic heterocycles. The summed E-state index contributed by atoms with van der Waals surface area (Å²) in [5.41, 5.74) is 3.17. The number of ether oxygens (including phenoxy) is 2. The van der Waals surface area contributed by atoms with Crippen molar-refractivity contribution in [3.05, 3.63) is 81.3 Å². The number of pyridine rings is 1. The van der Waals surface area contributed by atoms with Crippen molar-refractivity contribution >= 4 is 45.5 Å². The van der Waals surface area contributed by atoms with Gasteiger partial charge >= 0.3 is 11.9 Å². The number of aromatic nitrogens is 3. The number of unbranched alkanes of at least 4 members (excludes halogenated alkanes) is 3. The van der Waals surface area contributed by atoms with E-state index in [0.29, 0.717) is 35.0 Å². The summed E-state index contributed by atoms with van der Waals surface area (Å²) < 4.78 is 12.9. The highest BCUT2D eigenvalue weighted by atomic mass is 32.1. The maximum absolute atomic E-state index is 13.7. The average molecular weight is 617 g/mol. The van der Waals surface area contributed by atoms with Crippen LogP contribution >= 0.6 is 11.3 Å². The highest BCUT2D eigenvalue weighted by Crippen LogP contribution is 2.44. The number of aliphatic hydroxyl groups is 1. The minimum atomic E-state index is -1.03. The number of hydrogen-bond acceptors (Lipinski definition) is 9. The minimum Gasteiger partial charge on any atom is -0.505 e. The predicted molar refractivity (Wildman–Crippen MR) is 168 cm³/mol. The van der Waals surface area contributed by atoms with Crippen LogP contribution in [0.3, 0.4) is 0 Å². The van der Waals surface area contributed by atoms with Gasteiger partial charge in [0.2, 0.25) is 0 Å². The smallest absolute Gasteiger partial charge is 0.350 e. The van der Waals surface area contributed by atoms with Gasteiger partial charge in [0.1, 0.15) is 22.0 Å². The summed E-state index contributed by atoms with van der Waals surface area (Å²) in [5, 5.41) is 11.9. The SMILES string of the molecule is CCCCCCOc1ccc(C2C(=C(O)c3nc4c(C)cccn4c3C)C(=O)C(=O)N2c2nc(C)c(C(=O)OCC)s2)cc1. The Labute approximate surface area is 260 Å². The number of aliphatic hydroxyl groups excluding tert-OH is 1. The monoisotopic (exact) mass is 616 g/mol. The summed E-state index contributed by atoms with van der Waals surface area (Å²) in [5.74, 6) is -2.02. The molecule has 44 heavy (non-hydrogen) atoms. The van der Waals surface area contributed by atoms with E-state index < -0.39 is 23.7 Å².